The van der Waals surface area contributed by atoms with E-state index in [1.54, 1.807) is 12.1 Å². The average molecular weight is 311 g/mol. The van der Waals surface area contributed by atoms with Crippen LogP contribution in [0.3, 0.4) is 0 Å². The van der Waals surface area contributed by atoms with Gasteiger partial charge in [-0.1, -0.05) is 30.3 Å². The van der Waals surface area contributed by atoms with Crippen molar-refractivity contribution in [2.75, 3.05) is 7.05 Å². The van der Waals surface area contributed by atoms with E-state index in [-0.39, 0.29) is 17.8 Å². The van der Waals surface area contributed by atoms with E-state index in [0.29, 0.717) is 5.90 Å². The van der Waals surface area contributed by atoms with Crippen molar-refractivity contribution in [2.24, 2.45) is 5.10 Å². The highest BCUT2D eigenvalue weighted by molar-refractivity contribution is 5.94. The van der Waals surface area contributed by atoms with Gasteiger partial charge in [0.25, 0.3) is 5.69 Å². The van der Waals surface area contributed by atoms with Crippen LogP contribution in [0.4, 0.5) is 5.69 Å². The number of benzene rings is 2. The van der Waals surface area contributed by atoms with Crippen molar-refractivity contribution < 1.29 is 9.66 Å². The fraction of sp³-hybridized carbons (Fsp3) is 0.235. The van der Waals surface area contributed by atoms with Gasteiger partial charge in [-0.3, -0.25) is 15.1 Å². The van der Waals surface area contributed by atoms with Gasteiger partial charge in [-0.05, 0) is 24.6 Å². The van der Waals surface area contributed by atoms with Gasteiger partial charge in [0.2, 0.25) is 5.90 Å². The van der Waals surface area contributed by atoms with E-state index in [4.69, 9.17) is 4.74 Å². The molecule has 1 heterocycles. The summed E-state index contributed by atoms with van der Waals surface area (Å²) in [5.41, 5.74) is 1.84. The zero-order valence-corrected chi connectivity index (χ0v) is 12.9. The van der Waals surface area contributed by atoms with Crippen LogP contribution in [-0.2, 0) is 4.74 Å². The van der Waals surface area contributed by atoms with Crippen LogP contribution in [-0.4, -0.2) is 28.9 Å². The first kappa shape index (κ1) is 15.0. The second-order valence-corrected chi connectivity index (χ2v) is 5.47. The summed E-state index contributed by atoms with van der Waals surface area (Å²) in [6.45, 7) is 2.05. The second-order valence-electron chi connectivity index (χ2n) is 5.47. The van der Waals surface area contributed by atoms with Crippen molar-refractivity contribution in [3.63, 3.8) is 0 Å². The molecule has 0 aliphatic carbocycles. The molecule has 0 amide bonds. The molecule has 0 N–H and O–H groups in total. The lowest BCUT2D eigenvalue weighted by Crippen LogP contribution is -2.39. The summed E-state index contributed by atoms with van der Waals surface area (Å²) in [7, 11) is 1.90. The molecule has 118 valence electrons. The first-order valence-corrected chi connectivity index (χ1v) is 7.34. The molecule has 6 heteroatoms. The summed E-state index contributed by atoms with van der Waals surface area (Å²) in [5.74, 6) is 0.467. The number of likely N-dealkylation sites (N-methyl/N-ethyl adjacent to an activating group) is 1. The molecule has 2 aromatic carbocycles. The van der Waals surface area contributed by atoms with Crippen LogP contribution in [0, 0.1) is 10.1 Å². The molecule has 23 heavy (non-hydrogen) atoms. The number of hydrogen-bond donors (Lipinski definition) is 0. The third-order valence-electron chi connectivity index (χ3n) is 3.97. The monoisotopic (exact) mass is 311 g/mol. The molecule has 2 aromatic rings. The molecule has 1 aliphatic rings. The van der Waals surface area contributed by atoms with Gasteiger partial charge in [-0.25, -0.2) is 0 Å². The maximum atomic E-state index is 10.8. The zero-order chi connectivity index (χ0) is 16.4. The molecule has 3 rings (SSSR count). The van der Waals surface area contributed by atoms with Crippen LogP contribution < -0.4 is 0 Å². The Kier molecular flexibility index (Phi) is 3.97. The Morgan fingerprint density at radius 3 is 2.39 bits per heavy atom. The Morgan fingerprint density at radius 1 is 1.13 bits per heavy atom. The highest BCUT2D eigenvalue weighted by atomic mass is 16.6. The molecule has 0 spiro atoms. The predicted octanol–water partition coefficient (Wildman–Crippen LogP) is 3.35. The molecular formula is C17H17N3O3. The standard InChI is InChI=1S/C17H17N3O3/c1-12-16(13-6-4-3-5-7-13)23-17(18-19(12)2)14-8-10-15(11-9-14)20(21)22/h3-12,16H,1-2H3/t12-,16+/m0/s1. The Morgan fingerprint density at radius 2 is 1.78 bits per heavy atom. The van der Waals surface area contributed by atoms with Gasteiger partial charge < -0.3 is 4.74 Å². The Balaban J connectivity index is 1.91. The molecule has 0 saturated heterocycles. The number of nitrogens with zero attached hydrogens (tertiary/aromatic N) is 3. The second kappa shape index (κ2) is 6.08. The Hall–Kier alpha value is -2.89. The van der Waals surface area contributed by atoms with Gasteiger partial charge in [0, 0.05) is 24.7 Å². The number of ether oxygens (including phenoxy) is 1. The van der Waals surface area contributed by atoms with E-state index >= 15 is 0 Å². The molecule has 6 nitrogen and oxygen atoms in total. The third-order valence-corrected chi connectivity index (χ3v) is 3.97. The molecule has 0 saturated carbocycles. The lowest BCUT2D eigenvalue weighted by Gasteiger charge is -2.35. The topological polar surface area (TPSA) is 68.0 Å². The van der Waals surface area contributed by atoms with Crippen molar-refractivity contribution in [3.05, 3.63) is 75.8 Å². The Labute approximate surface area is 134 Å². The lowest BCUT2D eigenvalue weighted by atomic mass is 10.0. The van der Waals surface area contributed by atoms with Crippen molar-refractivity contribution in [3.8, 4) is 0 Å². The summed E-state index contributed by atoms with van der Waals surface area (Å²) >= 11 is 0. The van der Waals surface area contributed by atoms with Gasteiger partial charge in [-0.2, -0.15) is 0 Å². The Bertz CT molecular complexity index is 729. The largest absolute Gasteiger partial charge is 0.466 e. The van der Waals surface area contributed by atoms with Crippen molar-refractivity contribution >= 4 is 11.6 Å². The van der Waals surface area contributed by atoms with E-state index in [1.807, 2.05) is 49.3 Å². The van der Waals surface area contributed by atoms with Gasteiger partial charge in [-0.15, -0.1) is 5.10 Å². The summed E-state index contributed by atoms with van der Waals surface area (Å²) < 4.78 is 6.08. The number of nitro groups is 1. The van der Waals surface area contributed by atoms with Crippen LogP contribution in [0.1, 0.15) is 24.2 Å². The van der Waals surface area contributed by atoms with Gasteiger partial charge in [0.1, 0.15) is 6.10 Å². The lowest BCUT2D eigenvalue weighted by molar-refractivity contribution is -0.384. The number of rotatable bonds is 3. The van der Waals surface area contributed by atoms with Crippen LogP contribution >= 0.6 is 0 Å². The normalized spacial score (nSPS) is 20.6. The first-order chi connectivity index (χ1) is 11.1. The first-order valence-electron chi connectivity index (χ1n) is 7.34. The van der Waals surface area contributed by atoms with Crippen molar-refractivity contribution in [1.29, 1.82) is 0 Å². The van der Waals surface area contributed by atoms with Gasteiger partial charge in [0.05, 0.1) is 11.0 Å². The number of nitro benzene ring substituents is 1. The van der Waals surface area contributed by atoms with Crippen molar-refractivity contribution in [2.45, 2.75) is 19.1 Å². The van der Waals surface area contributed by atoms with Crippen LogP contribution in [0.25, 0.3) is 0 Å². The van der Waals surface area contributed by atoms with E-state index in [0.717, 1.165) is 11.1 Å². The summed E-state index contributed by atoms with van der Waals surface area (Å²) in [6.07, 6.45) is -0.149. The van der Waals surface area contributed by atoms with E-state index in [1.165, 1.54) is 12.1 Å². The van der Waals surface area contributed by atoms with E-state index in [9.17, 15) is 10.1 Å². The minimum absolute atomic E-state index is 0.0477. The maximum absolute atomic E-state index is 10.8. The molecule has 0 bridgehead atoms. The number of hydrogen-bond acceptors (Lipinski definition) is 5. The SMILES string of the molecule is C[C@H]1[C@H](c2ccccc2)OC(c2ccc([N+](=O)[O-])cc2)=NN1C. The van der Waals surface area contributed by atoms with Crippen LogP contribution in [0.2, 0.25) is 0 Å². The highest BCUT2D eigenvalue weighted by Gasteiger charge is 2.30. The molecular weight excluding hydrogens is 294 g/mol. The fourth-order valence-corrected chi connectivity index (χ4v) is 2.51. The third kappa shape index (κ3) is 3.01. The van der Waals surface area contributed by atoms with Crippen LogP contribution in [0.5, 0.6) is 0 Å². The quantitative estimate of drug-likeness (QED) is 0.644. The molecule has 0 fully saturated rings. The maximum Gasteiger partial charge on any atom is 0.269 e. The summed E-state index contributed by atoms with van der Waals surface area (Å²) in [5, 5.41) is 17.1. The molecule has 0 aromatic heterocycles. The number of non-ortho nitro benzene ring substituents is 1. The van der Waals surface area contributed by atoms with Gasteiger partial charge in [0.15, 0.2) is 0 Å². The number of hydrazone groups is 1. The van der Waals surface area contributed by atoms with Crippen LogP contribution in [0.15, 0.2) is 59.7 Å². The molecule has 0 unspecified atom stereocenters. The zero-order valence-electron chi connectivity index (χ0n) is 12.9. The minimum atomic E-state index is -0.422. The summed E-state index contributed by atoms with van der Waals surface area (Å²) in [6, 6.07) is 16.3. The highest BCUT2D eigenvalue weighted by Crippen LogP contribution is 2.30. The molecule has 0 radical (unpaired) electrons. The minimum Gasteiger partial charge on any atom is -0.466 e. The van der Waals surface area contributed by atoms with Gasteiger partial charge >= 0.3 is 0 Å². The van der Waals surface area contributed by atoms with Crippen molar-refractivity contribution in [1.82, 2.24) is 5.01 Å². The fourth-order valence-electron chi connectivity index (χ4n) is 2.51. The molecule has 1 aliphatic heterocycles. The summed E-state index contributed by atoms with van der Waals surface area (Å²) in [4.78, 5) is 10.3. The van der Waals surface area contributed by atoms with E-state index < -0.39 is 4.92 Å². The average Bonchev–Trinajstić information content (AvgIpc) is 2.58. The smallest absolute Gasteiger partial charge is 0.269 e. The molecule has 2 atom stereocenters. The van der Waals surface area contributed by atoms with E-state index in [2.05, 4.69) is 5.10 Å². The predicted molar refractivity (Wildman–Crippen MR) is 87.1 cm³/mol.